The number of unbranched alkanes of at least 4 members (excludes halogenated alkanes) is 26. The van der Waals surface area contributed by atoms with Crippen LogP contribution in [0.3, 0.4) is 0 Å². The number of carbonyl (C=O) groups is 2. The minimum absolute atomic E-state index is 0.00277. The minimum Gasteiger partial charge on any atom is -0.481 e. The van der Waals surface area contributed by atoms with Gasteiger partial charge in [-0.15, -0.1) is 0 Å². The summed E-state index contributed by atoms with van der Waals surface area (Å²) >= 11 is 0. The topological polar surface area (TPSA) is 63.6 Å². The van der Waals surface area contributed by atoms with Crippen molar-refractivity contribution >= 4 is 11.9 Å². The molecule has 0 aliphatic rings. The maximum absolute atomic E-state index is 12.7. The van der Waals surface area contributed by atoms with Gasteiger partial charge in [-0.25, -0.2) is 0 Å². The van der Waals surface area contributed by atoms with Crippen LogP contribution in [-0.4, -0.2) is 23.1 Å². The van der Waals surface area contributed by atoms with Gasteiger partial charge in [0.05, 0.1) is 0 Å². The smallest absolute Gasteiger partial charge is 0.306 e. The summed E-state index contributed by atoms with van der Waals surface area (Å²) in [7, 11) is 0. The Bertz CT molecular complexity index is 813. The average Bonchev–Trinajstić information content (AvgIpc) is 3.12. The number of rotatable bonds is 41. The van der Waals surface area contributed by atoms with Crippen molar-refractivity contribution in [1.82, 2.24) is 0 Å². The molecule has 0 saturated carbocycles. The van der Waals surface area contributed by atoms with Crippen LogP contribution in [-0.2, 0) is 14.3 Å². The fraction of sp³-hybridized carbons (Fsp3) is 0.830. The molecule has 0 aliphatic carbocycles. The van der Waals surface area contributed by atoms with Gasteiger partial charge in [-0.1, -0.05) is 198 Å². The first-order valence-electron chi connectivity index (χ1n) is 22.5. The lowest BCUT2D eigenvalue weighted by atomic mass is 10.0. The predicted molar refractivity (Wildman–Crippen MR) is 222 cm³/mol. The monoisotopic (exact) mass is 715 g/mol. The highest BCUT2D eigenvalue weighted by atomic mass is 16.5. The van der Waals surface area contributed by atoms with E-state index in [0.29, 0.717) is 6.42 Å². The molecule has 0 fully saturated rings. The maximum Gasteiger partial charge on any atom is 0.306 e. The van der Waals surface area contributed by atoms with E-state index in [1.54, 1.807) is 0 Å². The molecule has 0 aliphatic heterocycles. The molecule has 0 amide bonds. The van der Waals surface area contributed by atoms with Gasteiger partial charge in [-0.2, -0.15) is 0 Å². The number of carbonyl (C=O) groups excluding carboxylic acids is 1. The summed E-state index contributed by atoms with van der Waals surface area (Å²) in [6.45, 7) is 4.46. The molecule has 0 aromatic rings. The molecule has 0 radical (unpaired) electrons. The SMILES string of the molecule is CC/C=C\C/C=C\C/C=C\CCCCCCCCCC(=O)OC(CCCCCCCCCCCCCCCCCC)CCCCCCCC(=O)O. The van der Waals surface area contributed by atoms with Crippen LogP contribution in [0.4, 0.5) is 0 Å². The Hall–Kier alpha value is -1.84. The number of hydrogen-bond acceptors (Lipinski definition) is 3. The third-order valence-corrected chi connectivity index (χ3v) is 10.1. The predicted octanol–water partition coefficient (Wildman–Crippen LogP) is 15.7. The van der Waals surface area contributed by atoms with Crippen molar-refractivity contribution in [3.8, 4) is 0 Å². The van der Waals surface area contributed by atoms with Crippen LogP contribution in [0.15, 0.2) is 36.5 Å². The van der Waals surface area contributed by atoms with Crippen LogP contribution >= 0.6 is 0 Å². The quantitative estimate of drug-likeness (QED) is 0.0389. The van der Waals surface area contributed by atoms with Gasteiger partial charge >= 0.3 is 11.9 Å². The fourth-order valence-corrected chi connectivity index (χ4v) is 6.85. The molecular weight excluding hydrogens is 629 g/mol. The van der Waals surface area contributed by atoms with Gasteiger partial charge in [0.15, 0.2) is 0 Å². The van der Waals surface area contributed by atoms with Crippen LogP contribution in [0.2, 0.25) is 0 Å². The molecular formula is C47H86O4. The molecule has 0 bridgehead atoms. The average molecular weight is 715 g/mol. The molecule has 4 nitrogen and oxygen atoms in total. The zero-order valence-electron chi connectivity index (χ0n) is 34.2. The molecule has 0 aromatic carbocycles. The zero-order chi connectivity index (χ0) is 37.1. The van der Waals surface area contributed by atoms with Crippen molar-refractivity contribution in [2.75, 3.05) is 0 Å². The van der Waals surface area contributed by atoms with Crippen molar-refractivity contribution in [1.29, 1.82) is 0 Å². The van der Waals surface area contributed by atoms with Crippen molar-refractivity contribution in [3.63, 3.8) is 0 Å². The van der Waals surface area contributed by atoms with Crippen LogP contribution in [0, 0.1) is 0 Å². The minimum atomic E-state index is -0.699. The molecule has 51 heavy (non-hydrogen) atoms. The first-order valence-corrected chi connectivity index (χ1v) is 22.5. The molecule has 1 unspecified atom stereocenters. The lowest BCUT2D eigenvalue weighted by Crippen LogP contribution is -2.18. The number of ether oxygens (including phenoxy) is 1. The fourth-order valence-electron chi connectivity index (χ4n) is 6.85. The first kappa shape index (κ1) is 49.2. The first-order chi connectivity index (χ1) is 25.1. The summed E-state index contributed by atoms with van der Waals surface area (Å²) in [6, 6.07) is 0. The number of carboxylic acid groups (broad SMARTS) is 1. The van der Waals surface area contributed by atoms with E-state index in [2.05, 4.69) is 50.3 Å². The second-order valence-electron chi connectivity index (χ2n) is 15.2. The molecule has 0 rings (SSSR count). The van der Waals surface area contributed by atoms with Crippen LogP contribution in [0.5, 0.6) is 0 Å². The maximum atomic E-state index is 12.7. The van der Waals surface area contributed by atoms with E-state index in [-0.39, 0.29) is 18.5 Å². The summed E-state index contributed by atoms with van der Waals surface area (Å²) in [6.07, 6.45) is 56.0. The molecule has 298 valence electrons. The molecule has 4 heteroatoms. The number of carboxylic acids is 1. The number of allylic oxidation sites excluding steroid dienone is 6. The summed E-state index contributed by atoms with van der Waals surface area (Å²) in [5, 5.41) is 8.85. The van der Waals surface area contributed by atoms with E-state index in [9.17, 15) is 9.59 Å². The van der Waals surface area contributed by atoms with Gasteiger partial charge < -0.3 is 9.84 Å². The summed E-state index contributed by atoms with van der Waals surface area (Å²) < 4.78 is 6.03. The van der Waals surface area contributed by atoms with Gasteiger partial charge in [-0.3, -0.25) is 9.59 Å². The van der Waals surface area contributed by atoms with Crippen molar-refractivity contribution in [3.05, 3.63) is 36.5 Å². The van der Waals surface area contributed by atoms with E-state index >= 15 is 0 Å². The van der Waals surface area contributed by atoms with E-state index in [0.717, 1.165) is 83.5 Å². The Morgan fingerprint density at radius 1 is 0.451 bits per heavy atom. The Morgan fingerprint density at radius 2 is 0.824 bits per heavy atom. The zero-order valence-corrected chi connectivity index (χ0v) is 34.2. The van der Waals surface area contributed by atoms with Crippen molar-refractivity contribution in [2.24, 2.45) is 0 Å². The van der Waals surface area contributed by atoms with Gasteiger partial charge in [0, 0.05) is 12.8 Å². The van der Waals surface area contributed by atoms with Gasteiger partial charge in [-0.05, 0) is 70.6 Å². The molecule has 0 heterocycles. The van der Waals surface area contributed by atoms with Crippen LogP contribution in [0.25, 0.3) is 0 Å². The van der Waals surface area contributed by atoms with Gasteiger partial charge in [0.25, 0.3) is 0 Å². The van der Waals surface area contributed by atoms with E-state index in [1.165, 1.54) is 135 Å². The number of esters is 1. The van der Waals surface area contributed by atoms with Gasteiger partial charge in [0.1, 0.15) is 6.10 Å². The molecule has 0 saturated heterocycles. The van der Waals surface area contributed by atoms with E-state index in [1.807, 2.05) is 0 Å². The van der Waals surface area contributed by atoms with E-state index in [4.69, 9.17) is 9.84 Å². The van der Waals surface area contributed by atoms with Crippen molar-refractivity contribution < 1.29 is 19.4 Å². The highest BCUT2D eigenvalue weighted by molar-refractivity contribution is 5.69. The van der Waals surface area contributed by atoms with Crippen LogP contribution in [0.1, 0.15) is 245 Å². The molecule has 1 atom stereocenters. The highest BCUT2D eigenvalue weighted by Gasteiger charge is 2.14. The lowest BCUT2D eigenvalue weighted by Gasteiger charge is -2.18. The summed E-state index contributed by atoms with van der Waals surface area (Å²) in [5.74, 6) is -0.702. The lowest BCUT2D eigenvalue weighted by molar-refractivity contribution is -0.150. The Kier molecular flexibility index (Phi) is 41.0. The third kappa shape index (κ3) is 42.5. The number of hydrogen-bond donors (Lipinski definition) is 1. The molecule has 0 aromatic heterocycles. The Labute approximate surface area is 318 Å². The van der Waals surface area contributed by atoms with Crippen molar-refractivity contribution in [2.45, 2.75) is 251 Å². The second-order valence-corrected chi connectivity index (χ2v) is 15.2. The Morgan fingerprint density at radius 3 is 1.27 bits per heavy atom. The molecule has 1 N–H and O–H groups in total. The number of aliphatic carboxylic acids is 1. The summed E-state index contributed by atoms with van der Waals surface area (Å²) in [5.41, 5.74) is 0. The largest absolute Gasteiger partial charge is 0.481 e. The molecule has 0 spiro atoms. The highest BCUT2D eigenvalue weighted by Crippen LogP contribution is 2.19. The third-order valence-electron chi connectivity index (χ3n) is 10.1. The standard InChI is InChI=1S/C47H86O4/c1-3-5-7-9-11-13-15-17-19-21-23-25-27-29-31-36-40-44-47(50)51-45(42-38-34-32-35-39-43-46(48)49)41-37-33-30-28-26-24-22-20-18-16-14-12-10-8-6-4-2/h5,7,11,13,17,19,45H,3-4,6,8-10,12,14-16,18,20-44H2,1-2H3,(H,48,49)/b7-5-,13-11-,19-17-. The summed E-state index contributed by atoms with van der Waals surface area (Å²) in [4.78, 5) is 23.5. The van der Waals surface area contributed by atoms with E-state index < -0.39 is 5.97 Å². The normalized spacial score (nSPS) is 12.5. The van der Waals surface area contributed by atoms with Crippen LogP contribution < -0.4 is 0 Å². The second kappa shape index (κ2) is 42.6. The van der Waals surface area contributed by atoms with Gasteiger partial charge in [0.2, 0.25) is 0 Å². The Balaban J connectivity index is 4.01.